The van der Waals surface area contributed by atoms with Crippen LogP contribution in [0.1, 0.15) is 11.1 Å². The highest BCUT2D eigenvalue weighted by Crippen LogP contribution is 2.28. The summed E-state index contributed by atoms with van der Waals surface area (Å²) < 4.78 is 5.17. The fourth-order valence-corrected chi connectivity index (χ4v) is 2.63. The molecule has 0 bridgehead atoms. The summed E-state index contributed by atoms with van der Waals surface area (Å²) in [5.41, 5.74) is 2.07. The molecule has 1 aromatic carbocycles. The zero-order valence-corrected chi connectivity index (χ0v) is 14.1. The first-order valence-corrected chi connectivity index (χ1v) is 8.06. The van der Waals surface area contributed by atoms with Gasteiger partial charge in [-0.1, -0.05) is 35.5 Å². The molecule has 0 saturated heterocycles. The number of rotatable bonds is 5. The zero-order valence-electron chi connectivity index (χ0n) is 12.6. The molecule has 1 heterocycles. The van der Waals surface area contributed by atoms with Crippen LogP contribution in [-0.2, 0) is 6.42 Å². The number of thioether (sulfide) groups is 1. The van der Waals surface area contributed by atoms with Crippen molar-refractivity contribution in [1.82, 2.24) is 9.97 Å². The first kappa shape index (κ1) is 15.9. The number of halogens is 1. The molecule has 2 rings (SSSR count). The second kappa shape index (κ2) is 7.00. The number of benzene rings is 1. The molecule has 0 atom stereocenters. The van der Waals surface area contributed by atoms with Gasteiger partial charge in [-0.25, -0.2) is 9.97 Å². The van der Waals surface area contributed by atoms with E-state index in [4.69, 9.17) is 16.3 Å². The Kier molecular flexibility index (Phi) is 5.31. The average molecular weight is 324 g/mol. The molecule has 2 aromatic rings. The predicted molar refractivity (Wildman–Crippen MR) is 89.0 cm³/mol. The van der Waals surface area contributed by atoms with Gasteiger partial charge in [-0.3, -0.25) is 0 Å². The second-order valence-electron chi connectivity index (χ2n) is 4.72. The number of aromatic nitrogens is 2. The molecule has 1 aromatic heterocycles. The van der Waals surface area contributed by atoms with Gasteiger partial charge in [-0.2, -0.15) is 0 Å². The second-order valence-corrected chi connectivity index (χ2v) is 5.85. The molecule has 21 heavy (non-hydrogen) atoms. The lowest BCUT2D eigenvalue weighted by molar-refractivity contribution is 0.414. The maximum Gasteiger partial charge on any atom is 0.190 e. The van der Waals surface area contributed by atoms with Crippen LogP contribution in [0.5, 0.6) is 5.75 Å². The normalized spacial score (nSPS) is 10.5. The van der Waals surface area contributed by atoms with Gasteiger partial charge in [-0.05, 0) is 24.0 Å². The van der Waals surface area contributed by atoms with Gasteiger partial charge in [0.2, 0.25) is 0 Å². The molecule has 0 aliphatic carbocycles. The molecule has 0 fully saturated rings. The zero-order chi connectivity index (χ0) is 15.4. The van der Waals surface area contributed by atoms with Crippen LogP contribution < -0.4 is 9.64 Å². The highest BCUT2D eigenvalue weighted by Gasteiger charge is 2.15. The third-order valence-electron chi connectivity index (χ3n) is 3.06. The smallest absolute Gasteiger partial charge is 0.190 e. The van der Waals surface area contributed by atoms with Crippen LogP contribution in [0.2, 0.25) is 5.15 Å². The van der Waals surface area contributed by atoms with Crippen LogP contribution >= 0.6 is 23.4 Å². The quantitative estimate of drug-likeness (QED) is 0.478. The molecule has 0 unspecified atom stereocenters. The summed E-state index contributed by atoms with van der Waals surface area (Å²) in [6, 6.07) is 7.93. The Morgan fingerprint density at radius 3 is 2.38 bits per heavy atom. The average Bonchev–Trinajstić information content (AvgIpc) is 2.49. The van der Waals surface area contributed by atoms with Crippen molar-refractivity contribution in [1.29, 1.82) is 0 Å². The van der Waals surface area contributed by atoms with E-state index in [-0.39, 0.29) is 0 Å². The number of hydrogen-bond acceptors (Lipinski definition) is 5. The maximum absolute atomic E-state index is 6.35. The molecule has 112 valence electrons. The molecule has 0 amide bonds. The number of hydrogen-bond donors (Lipinski definition) is 0. The minimum Gasteiger partial charge on any atom is -0.497 e. The van der Waals surface area contributed by atoms with Crippen molar-refractivity contribution in [3.63, 3.8) is 0 Å². The highest BCUT2D eigenvalue weighted by molar-refractivity contribution is 7.98. The third kappa shape index (κ3) is 3.80. The molecule has 0 N–H and O–H groups in total. The van der Waals surface area contributed by atoms with Crippen molar-refractivity contribution in [2.24, 2.45) is 0 Å². The fraction of sp³-hybridized carbons (Fsp3) is 0.333. The van der Waals surface area contributed by atoms with Crippen LogP contribution in [0.25, 0.3) is 0 Å². The van der Waals surface area contributed by atoms with Crippen molar-refractivity contribution >= 4 is 29.2 Å². The predicted octanol–water partition coefficient (Wildman–Crippen LogP) is 3.52. The summed E-state index contributed by atoms with van der Waals surface area (Å²) >= 11 is 7.83. The van der Waals surface area contributed by atoms with Crippen LogP contribution in [0.15, 0.2) is 29.4 Å². The summed E-state index contributed by atoms with van der Waals surface area (Å²) in [4.78, 5) is 10.8. The SMILES string of the molecule is COc1ccc(Cc2c(Cl)nc(SC)nc2N(C)C)cc1. The third-order valence-corrected chi connectivity index (χ3v) is 3.92. The van der Waals surface area contributed by atoms with E-state index >= 15 is 0 Å². The Morgan fingerprint density at radius 2 is 1.86 bits per heavy atom. The minimum atomic E-state index is 0.508. The number of anilines is 1. The molecule has 6 heteroatoms. The van der Waals surface area contributed by atoms with E-state index in [1.165, 1.54) is 11.8 Å². The molecule has 0 spiro atoms. The largest absolute Gasteiger partial charge is 0.497 e. The lowest BCUT2D eigenvalue weighted by atomic mass is 10.1. The first-order chi connectivity index (χ1) is 10.0. The first-order valence-electron chi connectivity index (χ1n) is 6.45. The molecule has 0 saturated carbocycles. The molecule has 0 aliphatic rings. The van der Waals surface area contributed by atoms with Crippen LogP contribution in [-0.4, -0.2) is 37.4 Å². The summed E-state index contributed by atoms with van der Waals surface area (Å²) in [6.07, 6.45) is 2.62. The van der Waals surface area contributed by atoms with Crippen molar-refractivity contribution in [2.45, 2.75) is 11.6 Å². The Morgan fingerprint density at radius 1 is 1.19 bits per heavy atom. The van der Waals surface area contributed by atoms with Crippen molar-refractivity contribution in [3.8, 4) is 5.75 Å². The Labute approximate surface area is 134 Å². The maximum atomic E-state index is 6.35. The van der Waals surface area contributed by atoms with E-state index in [9.17, 15) is 0 Å². The molecular weight excluding hydrogens is 306 g/mol. The lowest BCUT2D eigenvalue weighted by Crippen LogP contribution is -2.15. The molecule has 0 aliphatic heterocycles. The summed E-state index contributed by atoms with van der Waals surface area (Å²) in [5, 5.41) is 1.19. The Balaban J connectivity index is 2.37. The van der Waals surface area contributed by atoms with E-state index in [1.54, 1.807) is 7.11 Å². The van der Waals surface area contributed by atoms with Gasteiger partial charge in [0.25, 0.3) is 0 Å². The van der Waals surface area contributed by atoms with Crippen LogP contribution in [0.4, 0.5) is 5.82 Å². The van der Waals surface area contributed by atoms with Gasteiger partial charge in [0, 0.05) is 26.1 Å². The van der Waals surface area contributed by atoms with E-state index in [0.29, 0.717) is 16.7 Å². The summed E-state index contributed by atoms with van der Waals surface area (Å²) in [6.45, 7) is 0. The van der Waals surface area contributed by atoms with Crippen LogP contribution in [0.3, 0.4) is 0 Å². The van der Waals surface area contributed by atoms with Gasteiger partial charge in [0.15, 0.2) is 5.16 Å². The molecular formula is C15H18ClN3OS. The van der Waals surface area contributed by atoms with Crippen LogP contribution in [0, 0.1) is 0 Å². The van der Waals surface area contributed by atoms with Gasteiger partial charge in [0.1, 0.15) is 16.7 Å². The van der Waals surface area contributed by atoms with E-state index in [0.717, 1.165) is 22.7 Å². The standard InChI is InChI=1S/C15H18ClN3OS/c1-19(2)14-12(13(16)17-15(18-14)21-4)9-10-5-7-11(20-3)8-6-10/h5-8H,9H2,1-4H3. The minimum absolute atomic E-state index is 0.508. The van der Waals surface area contributed by atoms with Gasteiger partial charge >= 0.3 is 0 Å². The topological polar surface area (TPSA) is 38.3 Å². The van der Waals surface area contributed by atoms with Crippen molar-refractivity contribution < 1.29 is 4.74 Å². The van der Waals surface area contributed by atoms with Crippen molar-refractivity contribution in [3.05, 3.63) is 40.5 Å². The number of nitrogens with zero attached hydrogens (tertiary/aromatic N) is 3. The van der Waals surface area contributed by atoms with Gasteiger partial charge < -0.3 is 9.64 Å². The van der Waals surface area contributed by atoms with E-state index < -0.39 is 0 Å². The van der Waals surface area contributed by atoms with Gasteiger partial charge in [-0.15, -0.1) is 0 Å². The molecule has 4 nitrogen and oxygen atoms in total. The fourth-order valence-electron chi connectivity index (χ4n) is 1.99. The number of ether oxygens (including phenoxy) is 1. The van der Waals surface area contributed by atoms with E-state index in [1.807, 2.05) is 49.5 Å². The monoisotopic (exact) mass is 323 g/mol. The van der Waals surface area contributed by atoms with Gasteiger partial charge in [0.05, 0.1) is 7.11 Å². The number of methoxy groups -OCH3 is 1. The Bertz CT molecular complexity index is 617. The highest BCUT2D eigenvalue weighted by atomic mass is 35.5. The summed E-state index contributed by atoms with van der Waals surface area (Å²) in [5.74, 6) is 1.70. The Hall–Kier alpha value is -1.46. The summed E-state index contributed by atoms with van der Waals surface area (Å²) in [7, 11) is 5.57. The van der Waals surface area contributed by atoms with Crippen molar-refractivity contribution in [2.75, 3.05) is 32.4 Å². The lowest BCUT2D eigenvalue weighted by Gasteiger charge is -2.18. The van der Waals surface area contributed by atoms with E-state index in [2.05, 4.69) is 9.97 Å². The molecule has 0 radical (unpaired) electrons.